The molecule has 1 atom stereocenters. The number of aliphatic hydroxyl groups is 1. The van der Waals surface area contributed by atoms with Gasteiger partial charge in [0.25, 0.3) is 0 Å². The van der Waals surface area contributed by atoms with Crippen molar-refractivity contribution in [1.29, 1.82) is 0 Å². The van der Waals surface area contributed by atoms with Crippen molar-refractivity contribution in [3.05, 3.63) is 11.4 Å². The first-order valence-electron chi connectivity index (χ1n) is 7.49. The van der Waals surface area contributed by atoms with Gasteiger partial charge >= 0.3 is 0 Å². The molecule has 2 heterocycles. The molecule has 5 heteroatoms. The Bertz CT molecular complexity index is 473. The minimum absolute atomic E-state index is 0.546. The van der Waals surface area contributed by atoms with E-state index >= 15 is 0 Å². The third-order valence-corrected chi connectivity index (χ3v) is 3.94. The lowest BCUT2D eigenvalue weighted by atomic mass is 9.98. The molecule has 1 fully saturated rings. The standard InChI is InChI=1S/C15H26N4O/c1-5-16-13-11(2)14(18-12(3)17-13)19-9-6-7-15(4,20)8-10-19/h20H,5-10H2,1-4H3,(H,16,17,18). The van der Waals surface area contributed by atoms with Crippen molar-refractivity contribution < 1.29 is 5.11 Å². The fourth-order valence-electron chi connectivity index (χ4n) is 2.74. The quantitative estimate of drug-likeness (QED) is 0.888. The molecule has 1 aromatic rings. The van der Waals surface area contributed by atoms with Gasteiger partial charge in [-0.15, -0.1) is 0 Å². The van der Waals surface area contributed by atoms with Crippen molar-refractivity contribution in [2.75, 3.05) is 29.9 Å². The summed E-state index contributed by atoms with van der Waals surface area (Å²) in [6, 6.07) is 0. The van der Waals surface area contributed by atoms with Gasteiger partial charge in [0.15, 0.2) is 0 Å². The Balaban J connectivity index is 2.27. The average molecular weight is 278 g/mol. The van der Waals surface area contributed by atoms with E-state index in [1.54, 1.807) is 0 Å². The Labute approximate surface area is 121 Å². The molecule has 1 saturated heterocycles. The average Bonchev–Trinajstić information content (AvgIpc) is 2.55. The van der Waals surface area contributed by atoms with Crippen molar-refractivity contribution in [3.8, 4) is 0 Å². The summed E-state index contributed by atoms with van der Waals surface area (Å²) in [5, 5.41) is 13.5. The van der Waals surface area contributed by atoms with Crippen molar-refractivity contribution in [2.45, 2.75) is 52.6 Å². The fraction of sp³-hybridized carbons (Fsp3) is 0.733. The Morgan fingerprint density at radius 3 is 2.70 bits per heavy atom. The van der Waals surface area contributed by atoms with Crippen molar-refractivity contribution >= 4 is 11.6 Å². The highest BCUT2D eigenvalue weighted by atomic mass is 16.3. The number of aromatic nitrogens is 2. The van der Waals surface area contributed by atoms with Gasteiger partial charge in [-0.25, -0.2) is 9.97 Å². The highest BCUT2D eigenvalue weighted by Crippen LogP contribution is 2.28. The van der Waals surface area contributed by atoms with Crippen molar-refractivity contribution in [3.63, 3.8) is 0 Å². The van der Waals surface area contributed by atoms with Crippen molar-refractivity contribution in [2.24, 2.45) is 0 Å². The first-order chi connectivity index (χ1) is 9.43. The minimum atomic E-state index is -0.546. The van der Waals surface area contributed by atoms with Gasteiger partial charge in [-0.05, 0) is 47.0 Å². The molecule has 0 saturated carbocycles. The zero-order chi connectivity index (χ0) is 14.8. The number of aryl methyl sites for hydroxylation is 1. The molecule has 1 aliphatic heterocycles. The highest BCUT2D eigenvalue weighted by molar-refractivity contribution is 5.58. The van der Waals surface area contributed by atoms with Gasteiger partial charge in [0.05, 0.1) is 5.60 Å². The Morgan fingerprint density at radius 2 is 2.00 bits per heavy atom. The van der Waals surface area contributed by atoms with Crippen LogP contribution in [0, 0.1) is 13.8 Å². The van der Waals surface area contributed by atoms with E-state index in [-0.39, 0.29) is 0 Å². The number of anilines is 2. The summed E-state index contributed by atoms with van der Waals surface area (Å²) in [4.78, 5) is 11.4. The first-order valence-corrected chi connectivity index (χ1v) is 7.49. The van der Waals surface area contributed by atoms with E-state index in [0.29, 0.717) is 0 Å². The van der Waals surface area contributed by atoms with Gasteiger partial charge in [-0.3, -0.25) is 0 Å². The molecule has 0 spiro atoms. The molecular weight excluding hydrogens is 252 g/mol. The number of nitrogens with zero attached hydrogens (tertiary/aromatic N) is 3. The van der Waals surface area contributed by atoms with Gasteiger partial charge in [-0.2, -0.15) is 0 Å². The predicted octanol–water partition coefficient (Wildman–Crippen LogP) is 2.27. The molecule has 2 N–H and O–H groups in total. The third-order valence-electron chi connectivity index (χ3n) is 3.94. The van der Waals surface area contributed by atoms with Crippen LogP contribution in [-0.2, 0) is 0 Å². The van der Waals surface area contributed by atoms with Crippen LogP contribution in [0.1, 0.15) is 44.5 Å². The van der Waals surface area contributed by atoms with Gasteiger partial charge in [0, 0.05) is 25.2 Å². The maximum Gasteiger partial charge on any atom is 0.137 e. The van der Waals surface area contributed by atoms with Crippen LogP contribution in [0.25, 0.3) is 0 Å². The van der Waals surface area contributed by atoms with Gasteiger partial charge in [0.2, 0.25) is 0 Å². The molecule has 20 heavy (non-hydrogen) atoms. The van der Waals surface area contributed by atoms with Crippen LogP contribution >= 0.6 is 0 Å². The lowest BCUT2D eigenvalue weighted by Gasteiger charge is -2.25. The summed E-state index contributed by atoms with van der Waals surface area (Å²) in [5.41, 5.74) is 0.550. The first kappa shape index (κ1) is 15.0. The minimum Gasteiger partial charge on any atom is -0.390 e. The topological polar surface area (TPSA) is 61.3 Å². The fourth-order valence-corrected chi connectivity index (χ4v) is 2.74. The predicted molar refractivity (Wildman–Crippen MR) is 82.4 cm³/mol. The molecule has 0 bridgehead atoms. The van der Waals surface area contributed by atoms with Crippen LogP contribution in [0.2, 0.25) is 0 Å². The summed E-state index contributed by atoms with van der Waals surface area (Å²) >= 11 is 0. The molecular formula is C15H26N4O. The summed E-state index contributed by atoms with van der Waals surface area (Å²) in [6.07, 6.45) is 2.63. The Hall–Kier alpha value is -1.36. The van der Waals surface area contributed by atoms with Crippen LogP contribution in [0.15, 0.2) is 0 Å². The van der Waals surface area contributed by atoms with E-state index in [1.165, 1.54) is 0 Å². The smallest absolute Gasteiger partial charge is 0.137 e. The largest absolute Gasteiger partial charge is 0.390 e. The van der Waals surface area contributed by atoms with E-state index in [0.717, 1.165) is 61.9 Å². The number of rotatable bonds is 3. The molecule has 1 unspecified atom stereocenters. The third kappa shape index (κ3) is 3.39. The molecule has 0 radical (unpaired) electrons. The van der Waals surface area contributed by atoms with Gasteiger partial charge < -0.3 is 15.3 Å². The van der Waals surface area contributed by atoms with Crippen molar-refractivity contribution in [1.82, 2.24) is 9.97 Å². The molecule has 1 aromatic heterocycles. The maximum absolute atomic E-state index is 10.2. The SMILES string of the molecule is CCNc1nc(C)nc(N2CCCC(C)(O)CC2)c1C. The zero-order valence-electron chi connectivity index (χ0n) is 13.0. The zero-order valence-corrected chi connectivity index (χ0v) is 13.0. The number of nitrogens with one attached hydrogen (secondary N) is 1. The number of hydrogen-bond donors (Lipinski definition) is 2. The van der Waals surface area contributed by atoms with Crippen LogP contribution in [-0.4, -0.2) is 40.3 Å². The van der Waals surface area contributed by atoms with Gasteiger partial charge in [0.1, 0.15) is 17.5 Å². The summed E-state index contributed by atoms with van der Waals surface area (Å²) in [6.45, 7) is 10.6. The molecule has 112 valence electrons. The molecule has 0 aromatic carbocycles. The lowest BCUT2D eigenvalue weighted by molar-refractivity contribution is 0.0481. The second kappa shape index (κ2) is 5.95. The monoisotopic (exact) mass is 278 g/mol. The molecule has 5 nitrogen and oxygen atoms in total. The van der Waals surface area contributed by atoms with Crippen LogP contribution in [0.5, 0.6) is 0 Å². The molecule has 0 aliphatic carbocycles. The molecule has 2 rings (SSSR count). The Kier molecular flexibility index (Phi) is 4.48. The summed E-state index contributed by atoms with van der Waals surface area (Å²) < 4.78 is 0. The molecule has 0 amide bonds. The van der Waals surface area contributed by atoms with Crippen LogP contribution in [0.3, 0.4) is 0 Å². The lowest BCUT2D eigenvalue weighted by Crippen LogP contribution is -2.29. The normalized spacial score (nSPS) is 23.6. The van der Waals surface area contributed by atoms with Crippen LogP contribution < -0.4 is 10.2 Å². The van der Waals surface area contributed by atoms with E-state index in [9.17, 15) is 5.11 Å². The maximum atomic E-state index is 10.2. The second-order valence-electron chi connectivity index (χ2n) is 5.94. The number of hydrogen-bond acceptors (Lipinski definition) is 5. The van der Waals surface area contributed by atoms with Gasteiger partial charge in [-0.1, -0.05) is 0 Å². The highest BCUT2D eigenvalue weighted by Gasteiger charge is 2.26. The Morgan fingerprint density at radius 1 is 1.25 bits per heavy atom. The summed E-state index contributed by atoms with van der Waals surface area (Å²) in [5.74, 6) is 2.72. The van der Waals surface area contributed by atoms with E-state index in [1.807, 2.05) is 13.8 Å². The summed E-state index contributed by atoms with van der Waals surface area (Å²) in [7, 11) is 0. The van der Waals surface area contributed by atoms with Crippen LogP contribution in [0.4, 0.5) is 11.6 Å². The second-order valence-corrected chi connectivity index (χ2v) is 5.94. The van der Waals surface area contributed by atoms with E-state index in [2.05, 4.69) is 34.0 Å². The molecule has 1 aliphatic rings. The van der Waals surface area contributed by atoms with E-state index in [4.69, 9.17) is 0 Å². The van der Waals surface area contributed by atoms with E-state index < -0.39 is 5.60 Å².